The van der Waals surface area contributed by atoms with E-state index in [1.165, 1.54) is 49.0 Å². The number of thiocarbonyl (C=S) groups is 1. The van der Waals surface area contributed by atoms with Crippen molar-refractivity contribution in [3.05, 3.63) is 107 Å². The third-order valence-electron chi connectivity index (χ3n) is 6.06. The van der Waals surface area contributed by atoms with Gasteiger partial charge in [0.25, 0.3) is 5.91 Å². The van der Waals surface area contributed by atoms with Crippen LogP contribution in [0.4, 0.5) is 4.39 Å². The van der Waals surface area contributed by atoms with E-state index in [0.29, 0.717) is 26.0 Å². The Morgan fingerprint density at radius 2 is 1.74 bits per heavy atom. The molecular formula is C28H23FN4O3S3. The maximum atomic E-state index is 13.3. The highest BCUT2D eigenvalue weighted by Crippen LogP contribution is 2.36. The molecule has 5 rings (SSSR count). The van der Waals surface area contributed by atoms with Crippen LogP contribution in [0, 0.1) is 5.82 Å². The SMILES string of the molecule is CN(C)S(=O)(=O)c1cccc(-c2nn(-c3ccccc3)cc2C=C2SC(=S)N(Cc3ccc(F)cc3)C2=O)c1. The third kappa shape index (κ3) is 5.57. The summed E-state index contributed by atoms with van der Waals surface area (Å²) < 4.78 is 42.1. The van der Waals surface area contributed by atoms with Crippen LogP contribution in [0.5, 0.6) is 0 Å². The van der Waals surface area contributed by atoms with E-state index in [2.05, 4.69) is 0 Å². The number of carbonyl (C=O) groups is 1. The second-order valence-electron chi connectivity index (χ2n) is 8.92. The maximum absolute atomic E-state index is 13.3. The Balaban J connectivity index is 1.56. The minimum Gasteiger partial charge on any atom is -0.288 e. The number of rotatable bonds is 7. The van der Waals surface area contributed by atoms with Crippen molar-refractivity contribution in [2.75, 3.05) is 14.1 Å². The lowest BCUT2D eigenvalue weighted by Gasteiger charge is -2.14. The van der Waals surface area contributed by atoms with E-state index in [0.717, 1.165) is 15.6 Å². The first-order chi connectivity index (χ1) is 18.6. The first-order valence-corrected chi connectivity index (χ1v) is 14.5. The van der Waals surface area contributed by atoms with Crippen molar-refractivity contribution in [1.29, 1.82) is 0 Å². The van der Waals surface area contributed by atoms with Gasteiger partial charge in [0.05, 0.1) is 22.0 Å². The lowest BCUT2D eigenvalue weighted by atomic mass is 10.1. The molecule has 4 aromatic rings. The summed E-state index contributed by atoms with van der Waals surface area (Å²) in [6, 6.07) is 22.0. The minimum absolute atomic E-state index is 0.135. The van der Waals surface area contributed by atoms with Gasteiger partial charge in [0.15, 0.2) is 0 Å². The Hall–Kier alpha value is -3.64. The van der Waals surface area contributed by atoms with Gasteiger partial charge in [-0.15, -0.1) is 0 Å². The number of nitrogens with zero attached hydrogens (tertiary/aromatic N) is 4. The Kier molecular flexibility index (Phi) is 7.50. The first-order valence-electron chi connectivity index (χ1n) is 11.8. The summed E-state index contributed by atoms with van der Waals surface area (Å²) in [7, 11) is -0.711. The second kappa shape index (κ2) is 10.9. The molecule has 0 atom stereocenters. The molecule has 2 heterocycles. The maximum Gasteiger partial charge on any atom is 0.266 e. The number of carbonyl (C=O) groups excluding carboxylic acids is 1. The van der Waals surface area contributed by atoms with Crippen LogP contribution < -0.4 is 0 Å². The molecule has 1 aromatic heterocycles. The van der Waals surface area contributed by atoms with Crippen LogP contribution in [-0.2, 0) is 21.4 Å². The van der Waals surface area contributed by atoms with Crippen molar-refractivity contribution in [2.45, 2.75) is 11.4 Å². The lowest BCUT2D eigenvalue weighted by molar-refractivity contribution is -0.122. The number of aromatic nitrogens is 2. The monoisotopic (exact) mass is 578 g/mol. The summed E-state index contributed by atoms with van der Waals surface area (Å²) >= 11 is 6.66. The average molecular weight is 579 g/mol. The molecule has 0 saturated carbocycles. The molecule has 1 aliphatic heterocycles. The number of para-hydroxylation sites is 1. The van der Waals surface area contributed by atoms with Gasteiger partial charge in [-0.2, -0.15) is 5.10 Å². The summed E-state index contributed by atoms with van der Waals surface area (Å²) in [5.74, 6) is -0.619. The fraction of sp³-hybridized carbons (Fsp3) is 0.107. The van der Waals surface area contributed by atoms with Crippen molar-refractivity contribution in [1.82, 2.24) is 19.0 Å². The third-order valence-corrected chi connectivity index (χ3v) is 9.25. The highest BCUT2D eigenvalue weighted by molar-refractivity contribution is 8.26. The Bertz CT molecular complexity index is 1700. The number of hydrogen-bond acceptors (Lipinski definition) is 6. The molecule has 1 fully saturated rings. The number of amides is 1. The summed E-state index contributed by atoms with van der Waals surface area (Å²) in [5, 5.41) is 4.76. The van der Waals surface area contributed by atoms with E-state index < -0.39 is 10.0 Å². The number of benzene rings is 3. The van der Waals surface area contributed by atoms with Crippen LogP contribution in [0.3, 0.4) is 0 Å². The molecular weight excluding hydrogens is 556 g/mol. The molecule has 0 unspecified atom stereocenters. The van der Waals surface area contributed by atoms with Crippen LogP contribution in [0.2, 0.25) is 0 Å². The molecule has 0 N–H and O–H groups in total. The van der Waals surface area contributed by atoms with Gasteiger partial charge in [-0.3, -0.25) is 9.69 Å². The van der Waals surface area contributed by atoms with Crippen molar-refractivity contribution in [3.8, 4) is 16.9 Å². The van der Waals surface area contributed by atoms with E-state index in [9.17, 15) is 17.6 Å². The molecule has 0 aliphatic carbocycles. The van der Waals surface area contributed by atoms with Gasteiger partial charge in [-0.1, -0.05) is 66.4 Å². The van der Waals surface area contributed by atoms with E-state index in [-0.39, 0.29) is 23.2 Å². The van der Waals surface area contributed by atoms with Gasteiger partial charge in [0.1, 0.15) is 15.8 Å². The van der Waals surface area contributed by atoms with Crippen molar-refractivity contribution >= 4 is 50.3 Å². The van der Waals surface area contributed by atoms with E-state index in [1.807, 2.05) is 30.3 Å². The van der Waals surface area contributed by atoms with Gasteiger partial charge in [0, 0.05) is 31.4 Å². The molecule has 0 spiro atoms. The van der Waals surface area contributed by atoms with Crippen LogP contribution in [-0.4, -0.2) is 51.7 Å². The normalized spacial score (nSPS) is 15.1. The fourth-order valence-electron chi connectivity index (χ4n) is 3.99. The predicted molar refractivity (Wildman–Crippen MR) is 155 cm³/mol. The molecule has 198 valence electrons. The quantitative estimate of drug-likeness (QED) is 0.218. The molecule has 3 aromatic carbocycles. The van der Waals surface area contributed by atoms with E-state index >= 15 is 0 Å². The van der Waals surface area contributed by atoms with Gasteiger partial charge < -0.3 is 0 Å². The van der Waals surface area contributed by atoms with Crippen molar-refractivity contribution in [3.63, 3.8) is 0 Å². The molecule has 39 heavy (non-hydrogen) atoms. The smallest absolute Gasteiger partial charge is 0.266 e. The summed E-state index contributed by atoms with van der Waals surface area (Å²) in [4.78, 5) is 15.4. The largest absolute Gasteiger partial charge is 0.288 e. The molecule has 0 bridgehead atoms. The minimum atomic E-state index is -3.67. The van der Waals surface area contributed by atoms with Crippen LogP contribution in [0.1, 0.15) is 11.1 Å². The number of thioether (sulfide) groups is 1. The summed E-state index contributed by atoms with van der Waals surface area (Å²) in [6.45, 7) is 0.225. The van der Waals surface area contributed by atoms with Crippen molar-refractivity contribution in [2.24, 2.45) is 0 Å². The Labute approximate surface area is 235 Å². The molecule has 7 nitrogen and oxygen atoms in total. The fourth-order valence-corrected chi connectivity index (χ4v) is 6.19. The molecule has 0 radical (unpaired) electrons. The molecule has 1 saturated heterocycles. The van der Waals surface area contributed by atoms with E-state index in [4.69, 9.17) is 17.3 Å². The number of hydrogen-bond donors (Lipinski definition) is 0. The highest BCUT2D eigenvalue weighted by Gasteiger charge is 2.32. The Morgan fingerprint density at radius 1 is 1.03 bits per heavy atom. The predicted octanol–water partition coefficient (Wildman–Crippen LogP) is 5.33. The lowest BCUT2D eigenvalue weighted by Crippen LogP contribution is -2.27. The Morgan fingerprint density at radius 3 is 2.44 bits per heavy atom. The molecule has 1 amide bonds. The van der Waals surface area contributed by atoms with Gasteiger partial charge in [-0.05, 0) is 48.0 Å². The average Bonchev–Trinajstić information content (AvgIpc) is 3.47. The topological polar surface area (TPSA) is 75.5 Å². The van der Waals surface area contributed by atoms with Gasteiger partial charge in [0.2, 0.25) is 10.0 Å². The number of halogens is 1. The van der Waals surface area contributed by atoms with Crippen LogP contribution in [0.15, 0.2) is 94.9 Å². The van der Waals surface area contributed by atoms with Gasteiger partial charge in [-0.25, -0.2) is 21.8 Å². The van der Waals surface area contributed by atoms with Crippen LogP contribution in [0.25, 0.3) is 23.0 Å². The molecule has 1 aliphatic rings. The number of sulfonamides is 1. The summed E-state index contributed by atoms with van der Waals surface area (Å²) in [5.41, 5.74) is 3.28. The van der Waals surface area contributed by atoms with Gasteiger partial charge >= 0.3 is 0 Å². The summed E-state index contributed by atoms with van der Waals surface area (Å²) in [6.07, 6.45) is 3.52. The zero-order chi connectivity index (χ0) is 27.7. The highest BCUT2D eigenvalue weighted by atomic mass is 32.2. The van der Waals surface area contributed by atoms with Crippen LogP contribution >= 0.6 is 24.0 Å². The standard InChI is InChI=1S/C28H23FN4O3S3/c1-31(2)39(35,36)24-10-6-7-20(15-24)26-21(18-33(30-26)23-8-4-3-5-9-23)16-25-27(34)32(28(37)38-25)17-19-11-13-22(29)14-12-19/h3-16,18H,17H2,1-2H3. The van der Waals surface area contributed by atoms with E-state index in [1.54, 1.807) is 47.3 Å². The zero-order valence-corrected chi connectivity index (χ0v) is 23.4. The second-order valence-corrected chi connectivity index (χ2v) is 12.8. The molecule has 11 heteroatoms. The first kappa shape index (κ1) is 26.9. The zero-order valence-electron chi connectivity index (χ0n) is 21.0. The van der Waals surface area contributed by atoms with Crippen molar-refractivity contribution < 1.29 is 17.6 Å².